The minimum absolute atomic E-state index is 0.0244. The standard InChI is InChI=1S/C31H55O11PS/c1-15(2)17(4)29(5)13-16(3)22-18(14-29)28(41-43(35,36)40-8)23-21-19(9-11-31(22,23)7)30(6)12-10-20(42-44(37,38)39)25(32)24(30)27(34)26(21)33/h15-28,32-34H,9-14H2,1-8H3,(H,35,36)(H,37,38,39)/t16?,17-,18-,19-,20?,21+,22-,23+,24+,25-,26+,27-,28+,29-,30+,31+/m0/s1. The van der Waals surface area contributed by atoms with Crippen LogP contribution in [0.4, 0.5) is 0 Å². The van der Waals surface area contributed by atoms with Gasteiger partial charge in [-0.25, -0.2) is 8.75 Å². The Kier molecular flexibility index (Phi) is 9.18. The van der Waals surface area contributed by atoms with E-state index in [-0.39, 0.29) is 40.9 Å². The number of hydrogen-bond acceptors (Lipinski definition) is 9. The van der Waals surface area contributed by atoms with Crippen LogP contribution in [0.1, 0.15) is 87.0 Å². The Labute approximate surface area is 263 Å². The molecule has 5 N–H and O–H groups in total. The van der Waals surface area contributed by atoms with Gasteiger partial charge in [0.2, 0.25) is 0 Å². The van der Waals surface area contributed by atoms with Gasteiger partial charge in [-0.1, -0.05) is 48.5 Å². The van der Waals surface area contributed by atoms with Gasteiger partial charge in [-0.3, -0.25) is 13.6 Å². The molecule has 0 aromatic carbocycles. The third-order valence-electron chi connectivity index (χ3n) is 14.0. The number of aliphatic hydroxyl groups excluding tert-OH is 3. The second kappa shape index (κ2) is 11.5. The molecule has 0 spiro atoms. The average molecular weight is 667 g/mol. The van der Waals surface area contributed by atoms with Crippen LogP contribution in [0, 0.1) is 69.5 Å². The van der Waals surface area contributed by atoms with E-state index in [2.05, 4.69) is 41.5 Å². The molecular formula is C31H55O11PS. The molecule has 5 aliphatic rings. The Morgan fingerprint density at radius 3 is 2.07 bits per heavy atom. The van der Waals surface area contributed by atoms with Gasteiger partial charge in [0.1, 0.15) is 6.10 Å². The van der Waals surface area contributed by atoms with Crippen molar-refractivity contribution in [3.63, 3.8) is 0 Å². The molecule has 0 bridgehead atoms. The third kappa shape index (κ3) is 5.49. The molecule has 0 radical (unpaired) electrons. The maximum atomic E-state index is 13.1. The van der Waals surface area contributed by atoms with E-state index in [0.717, 1.165) is 26.4 Å². The highest BCUT2D eigenvalue weighted by Gasteiger charge is 2.72. The molecule has 0 aliphatic heterocycles. The summed E-state index contributed by atoms with van der Waals surface area (Å²) in [4.78, 5) is 10.7. The summed E-state index contributed by atoms with van der Waals surface area (Å²) in [5.41, 5.74) is -1.07. The van der Waals surface area contributed by atoms with Gasteiger partial charge in [-0.05, 0) is 102 Å². The largest absolute Gasteiger partial charge is 0.472 e. The van der Waals surface area contributed by atoms with E-state index < -0.39 is 66.0 Å². The smallest absolute Gasteiger partial charge is 0.390 e. The highest BCUT2D eigenvalue weighted by Crippen LogP contribution is 2.74. The first kappa shape index (κ1) is 35.2. The van der Waals surface area contributed by atoms with Crippen molar-refractivity contribution < 1.29 is 51.0 Å². The first-order valence-electron chi connectivity index (χ1n) is 16.4. The summed E-state index contributed by atoms with van der Waals surface area (Å²) in [5, 5.41) is 35.0. The van der Waals surface area contributed by atoms with Crippen LogP contribution in [0.15, 0.2) is 0 Å². The molecule has 0 amide bonds. The summed E-state index contributed by atoms with van der Waals surface area (Å²) >= 11 is 0. The van der Waals surface area contributed by atoms with Crippen LogP contribution in [0.25, 0.3) is 0 Å². The van der Waals surface area contributed by atoms with Crippen LogP contribution in [0.2, 0.25) is 0 Å². The van der Waals surface area contributed by atoms with Crippen molar-refractivity contribution in [2.24, 2.45) is 69.5 Å². The van der Waals surface area contributed by atoms with Gasteiger partial charge in [0.05, 0.1) is 24.4 Å². The number of fused-ring (bicyclic) bond motifs is 7. The molecule has 0 heterocycles. The molecule has 17 atom stereocenters. The average Bonchev–Trinajstić information content (AvgIpc) is 3.14. The van der Waals surface area contributed by atoms with Crippen molar-refractivity contribution in [3.05, 3.63) is 0 Å². The number of rotatable bonds is 7. The first-order valence-corrected chi connectivity index (χ1v) is 19.2. The molecule has 0 aromatic rings. The minimum Gasteiger partial charge on any atom is -0.390 e. The summed E-state index contributed by atoms with van der Waals surface area (Å²) in [6.07, 6.45) is -2.21. The Balaban J connectivity index is 1.58. The molecule has 5 rings (SSSR count). The number of phosphoric acid groups is 1. The highest BCUT2D eigenvalue weighted by molar-refractivity contribution is 7.80. The van der Waals surface area contributed by atoms with Crippen LogP contribution in [-0.4, -0.2) is 70.8 Å². The summed E-state index contributed by atoms with van der Waals surface area (Å²) in [6, 6.07) is 0. The van der Waals surface area contributed by atoms with Gasteiger partial charge in [0.25, 0.3) is 0 Å². The lowest BCUT2D eigenvalue weighted by molar-refractivity contribution is -0.253. The summed E-state index contributed by atoms with van der Waals surface area (Å²) in [6.45, 7) is 15.6. The fraction of sp³-hybridized carbons (Fsp3) is 1.00. The van der Waals surface area contributed by atoms with E-state index >= 15 is 0 Å². The molecule has 5 fully saturated rings. The van der Waals surface area contributed by atoms with Crippen molar-refractivity contribution >= 4 is 18.2 Å². The monoisotopic (exact) mass is 666 g/mol. The molecule has 0 aromatic heterocycles. The summed E-state index contributed by atoms with van der Waals surface area (Å²) in [5.74, 6) is -0.688. The van der Waals surface area contributed by atoms with E-state index in [1.165, 1.54) is 0 Å². The van der Waals surface area contributed by atoms with Crippen molar-refractivity contribution in [2.75, 3.05) is 7.11 Å². The SMILES string of the molecule is COP(=O)(O)O[C@@H]1[C@H]2C[C@@](C)([C@@H](C)C(C)C)CC(C)[C@@H]2[C@@]2(C)CC[C@H]3[C@@H]([C@@H](O)[C@@H](O)[C@H]4[C@@H](O)C(OS(=O)(=O)O)CC[C@@]43C)[C@H]12. The number of hydrogen-bond donors (Lipinski definition) is 5. The lowest BCUT2D eigenvalue weighted by atomic mass is 9.42. The molecule has 3 unspecified atom stereocenters. The first-order chi connectivity index (χ1) is 20.1. The predicted octanol–water partition coefficient (Wildman–Crippen LogP) is 4.44. The summed E-state index contributed by atoms with van der Waals surface area (Å²) in [7, 11) is -8.11. The second-order valence-electron chi connectivity index (χ2n) is 16.3. The molecule has 256 valence electrons. The highest BCUT2D eigenvalue weighted by atomic mass is 32.3. The minimum atomic E-state index is -4.84. The predicted molar refractivity (Wildman–Crippen MR) is 162 cm³/mol. The Bertz CT molecular complexity index is 1250. The zero-order chi connectivity index (χ0) is 32.9. The molecule has 11 nitrogen and oxygen atoms in total. The lowest BCUT2D eigenvalue weighted by Gasteiger charge is -2.64. The molecule has 0 saturated heterocycles. The quantitative estimate of drug-likeness (QED) is 0.192. The molecule has 13 heteroatoms. The van der Waals surface area contributed by atoms with Crippen LogP contribution in [0.3, 0.4) is 0 Å². The maximum Gasteiger partial charge on any atom is 0.472 e. The molecule has 5 aliphatic carbocycles. The van der Waals surface area contributed by atoms with Crippen molar-refractivity contribution in [2.45, 2.75) is 118 Å². The van der Waals surface area contributed by atoms with Gasteiger partial charge >= 0.3 is 18.2 Å². The van der Waals surface area contributed by atoms with Crippen molar-refractivity contribution in [1.29, 1.82) is 0 Å². The molecule has 44 heavy (non-hydrogen) atoms. The number of aliphatic hydroxyl groups is 3. The van der Waals surface area contributed by atoms with Gasteiger partial charge in [-0.2, -0.15) is 8.42 Å². The van der Waals surface area contributed by atoms with Crippen molar-refractivity contribution in [3.8, 4) is 0 Å². The van der Waals surface area contributed by atoms with Crippen LogP contribution in [-0.2, 0) is 28.2 Å². The van der Waals surface area contributed by atoms with Crippen molar-refractivity contribution in [1.82, 2.24) is 0 Å². The Morgan fingerprint density at radius 2 is 1.50 bits per heavy atom. The van der Waals surface area contributed by atoms with E-state index in [9.17, 15) is 37.7 Å². The Hall–Kier alpha value is -0.140. The van der Waals surface area contributed by atoms with Gasteiger partial charge in [0.15, 0.2) is 0 Å². The molecular weight excluding hydrogens is 611 g/mol. The fourth-order valence-electron chi connectivity index (χ4n) is 12.1. The van der Waals surface area contributed by atoms with Gasteiger partial charge in [-0.15, -0.1) is 0 Å². The van der Waals surface area contributed by atoms with Gasteiger partial charge in [0, 0.05) is 13.0 Å². The van der Waals surface area contributed by atoms with Crippen LogP contribution >= 0.6 is 7.82 Å². The van der Waals surface area contributed by atoms with E-state index in [1.807, 2.05) is 6.92 Å². The second-order valence-corrected chi connectivity index (χ2v) is 18.9. The topological polar surface area (TPSA) is 180 Å². The molecule has 5 saturated carbocycles. The van der Waals surface area contributed by atoms with E-state index in [1.54, 1.807) is 0 Å². The third-order valence-corrected chi connectivity index (χ3v) is 15.5. The Morgan fingerprint density at radius 1 is 0.886 bits per heavy atom. The fourth-order valence-corrected chi connectivity index (χ4v) is 13.3. The zero-order valence-corrected chi connectivity index (χ0v) is 29.1. The van der Waals surface area contributed by atoms with Crippen LogP contribution < -0.4 is 0 Å². The van der Waals surface area contributed by atoms with Gasteiger partial charge < -0.3 is 20.2 Å². The number of phosphoric ester groups is 1. The zero-order valence-electron chi connectivity index (χ0n) is 27.4. The van der Waals surface area contributed by atoms with Crippen LogP contribution in [0.5, 0.6) is 0 Å². The van der Waals surface area contributed by atoms with E-state index in [0.29, 0.717) is 30.6 Å². The summed E-state index contributed by atoms with van der Waals surface area (Å²) < 4.78 is 61.4. The van der Waals surface area contributed by atoms with E-state index in [4.69, 9.17) is 13.2 Å². The normalized spacial score (nSPS) is 52.8. The maximum absolute atomic E-state index is 13.1. The lowest BCUT2D eigenvalue weighted by Crippen LogP contribution is -2.68.